The SMILES string of the molecule is Cc1cc(CNCCOCCO)c(C)o1. The summed E-state index contributed by atoms with van der Waals surface area (Å²) in [5.41, 5.74) is 1.19. The first-order valence-electron chi connectivity index (χ1n) is 5.19. The Morgan fingerprint density at radius 3 is 2.80 bits per heavy atom. The van der Waals surface area contributed by atoms with Crippen LogP contribution in [0.1, 0.15) is 17.1 Å². The summed E-state index contributed by atoms with van der Waals surface area (Å²) in [4.78, 5) is 0. The lowest BCUT2D eigenvalue weighted by atomic mass is 10.2. The molecule has 0 aliphatic rings. The van der Waals surface area contributed by atoms with E-state index in [1.54, 1.807) is 0 Å². The van der Waals surface area contributed by atoms with Gasteiger partial charge in [0.15, 0.2) is 0 Å². The average Bonchev–Trinajstić information content (AvgIpc) is 2.51. The van der Waals surface area contributed by atoms with E-state index in [9.17, 15) is 0 Å². The van der Waals surface area contributed by atoms with E-state index in [4.69, 9.17) is 14.3 Å². The molecular weight excluding hydrogens is 194 g/mol. The summed E-state index contributed by atoms with van der Waals surface area (Å²) in [6, 6.07) is 2.04. The topological polar surface area (TPSA) is 54.6 Å². The molecule has 1 heterocycles. The Kier molecular flexibility index (Phi) is 5.39. The summed E-state index contributed by atoms with van der Waals surface area (Å²) in [6.45, 7) is 6.60. The molecule has 4 nitrogen and oxygen atoms in total. The van der Waals surface area contributed by atoms with Gasteiger partial charge in [-0.1, -0.05) is 0 Å². The van der Waals surface area contributed by atoms with Crippen LogP contribution in [-0.4, -0.2) is 31.5 Å². The first-order valence-corrected chi connectivity index (χ1v) is 5.19. The van der Waals surface area contributed by atoms with E-state index in [1.165, 1.54) is 5.56 Å². The molecule has 15 heavy (non-hydrogen) atoms. The van der Waals surface area contributed by atoms with Gasteiger partial charge in [0.1, 0.15) is 11.5 Å². The molecule has 0 aliphatic heterocycles. The summed E-state index contributed by atoms with van der Waals surface area (Å²) in [5.74, 6) is 1.91. The Morgan fingerprint density at radius 2 is 2.20 bits per heavy atom. The van der Waals surface area contributed by atoms with Gasteiger partial charge in [0.25, 0.3) is 0 Å². The summed E-state index contributed by atoms with van der Waals surface area (Å²) < 4.78 is 10.5. The van der Waals surface area contributed by atoms with Gasteiger partial charge < -0.3 is 19.6 Å². The number of aryl methyl sites for hydroxylation is 2. The molecule has 0 radical (unpaired) electrons. The number of nitrogens with one attached hydrogen (secondary N) is 1. The van der Waals surface area contributed by atoms with Gasteiger partial charge in [0.05, 0.1) is 19.8 Å². The summed E-state index contributed by atoms with van der Waals surface area (Å²) in [6.07, 6.45) is 0. The molecule has 0 unspecified atom stereocenters. The zero-order valence-corrected chi connectivity index (χ0v) is 9.38. The molecule has 2 N–H and O–H groups in total. The van der Waals surface area contributed by atoms with Crippen molar-refractivity contribution in [2.75, 3.05) is 26.4 Å². The predicted molar refractivity (Wildman–Crippen MR) is 57.8 cm³/mol. The van der Waals surface area contributed by atoms with Crippen molar-refractivity contribution >= 4 is 0 Å². The highest BCUT2D eigenvalue weighted by molar-refractivity contribution is 5.19. The predicted octanol–water partition coefficient (Wildman–Crippen LogP) is 0.995. The van der Waals surface area contributed by atoms with Crippen molar-refractivity contribution in [3.63, 3.8) is 0 Å². The normalized spacial score (nSPS) is 10.9. The Labute approximate surface area is 90.2 Å². The van der Waals surface area contributed by atoms with Crippen LogP contribution < -0.4 is 5.32 Å². The molecule has 0 amide bonds. The van der Waals surface area contributed by atoms with Crippen molar-refractivity contribution in [1.82, 2.24) is 5.32 Å². The molecule has 4 heteroatoms. The summed E-state index contributed by atoms with van der Waals surface area (Å²) >= 11 is 0. The second kappa shape index (κ2) is 6.61. The molecule has 1 rings (SSSR count). The van der Waals surface area contributed by atoms with Crippen LogP contribution in [0.2, 0.25) is 0 Å². The molecule has 0 bridgehead atoms. The molecule has 1 aromatic rings. The van der Waals surface area contributed by atoms with E-state index in [2.05, 4.69) is 5.32 Å². The fourth-order valence-corrected chi connectivity index (χ4v) is 1.39. The Morgan fingerprint density at radius 1 is 1.40 bits per heavy atom. The fraction of sp³-hybridized carbons (Fsp3) is 0.636. The monoisotopic (exact) mass is 213 g/mol. The van der Waals surface area contributed by atoms with E-state index in [0.29, 0.717) is 13.2 Å². The minimum absolute atomic E-state index is 0.0834. The highest BCUT2D eigenvalue weighted by Gasteiger charge is 2.02. The lowest BCUT2D eigenvalue weighted by Gasteiger charge is -2.04. The molecule has 0 atom stereocenters. The van der Waals surface area contributed by atoms with Crippen LogP contribution in [0.5, 0.6) is 0 Å². The van der Waals surface area contributed by atoms with Gasteiger partial charge in [-0.2, -0.15) is 0 Å². The van der Waals surface area contributed by atoms with Crippen molar-refractivity contribution < 1.29 is 14.3 Å². The highest BCUT2D eigenvalue weighted by Crippen LogP contribution is 2.12. The maximum Gasteiger partial charge on any atom is 0.105 e. The van der Waals surface area contributed by atoms with Crippen molar-refractivity contribution in [2.24, 2.45) is 0 Å². The third-order valence-corrected chi connectivity index (χ3v) is 2.12. The molecule has 1 aromatic heterocycles. The third kappa shape index (κ3) is 4.46. The lowest BCUT2D eigenvalue weighted by molar-refractivity contribution is 0.0938. The van der Waals surface area contributed by atoms with Gasteiger partial charge in [-0.05, 0) is 19.9 Å². The van der Waals surface area contributed by atoms with Crippen LogP contribution in [0, 0.1) is 13.8 Å². The van der Waals surface area contributed by atoms with E-state index in [1.807, 2.05) is 19.9 Å². The molecule has 0 fully saturated rings. The van der Waals surface area contributed by atoms with E-state index < -0.39 is 0 Å². The largest absolute Gasteiger partial charge is 0.466 e. The molecule has 86 valence electrons. The van der Waals surface area contributed by atoms with Crippen LogP contribution in [0.25, 0.3) is 0 Å². The van der Waals surface area contributed by atoms with Crippen LogP contribution >= 0.6 is 0 Å². The maximum absolute atomic E-state index is 8.48. The number of aliphatic hydroxyl groups is 1. The van der Waals surface area contributed by atoms with Gasteiger partial charge in [-0.15, -0.1) is 0 Å². The van der Waals surface area contributed by atoms with Gasteiger partial charge >= 0.3 is 0 Å². The molecular formula is C11H19NO3. The van der Waals surface area contributed by atoms with Gasteiger partial charge in [0.2, 0.25) is 0 Å². The van der Waals surface area contributed by atoms with Crippen LogP contribution in [0.3, 0.4) is 0 Å². The summed E-state index contributed by atoms with van der Waals surface area (Å²) in [5, 5.41) is 11.7. The maximum atomic E-state index is 8.48. The number of hydrogen-bond donors (Lipinski definition) is 2. The number of ether oxygens (including phenoxy) is 1. The molecule has 0 spiro atoms. The molecule has 0 saturated heterocycles. The minimum Gasteiger partial charge on any atom is -0.466 e. The van der Waals surface area contributed by atoms with E-state index in [-0.39, 0.29) is 6.61 Å². The number of furan rings is 1. The standard InChI is InChI=1S/C11H19NO3/c1-9-7-11(10(2)15-9)8-12-3-5-14-6-4-13/h7,12-13H,3-6,8H2,1-2H3. The molecule has 0 aromatic carbocycles. The molecule has 0 saturated carbocycles. The number of rotatable bonds is 7. The smallest absolute Gasteiger partial charge is 0.105 e. The zero-order valence-electron chi connectivity index (χ0n) is 9.38. The van der Waals surface area contributed by atoms with Gasteiger partial charge in [-0.3, -0.25) is 0 Å². The second-order valence-electron chi connectivity index (χ2n) is 3.45. The summed E-state index contributed by atoms with van der Waals surface area (Å²) in [7, 11) is 0. The van der Waals surface area contributed by atoms with Gasteiger partial charge in [-0.25, -0.2) is 0 Å². The number of aliphatic hydroxyl groups excluding tert-OH is 1. The Bertz CT molecular complexity index is 283. The third-order valence-electron chi connectivity index (χ3n) is 2.12. The van der Waals surface area contributed by atoms with E-state index in [0.717, 1.165) is 24.6 Å². The van der Waals surface area contributed by atoms with Crippen molar-refractivity contribution in [2.45, 2.75) is 20.4 Å². The van der Waals surface area contributed by atoms with Crippen LogP contribution in [-0.2, 0) is 11.3 Å². The van der Waals surface area contributed by atoms with Crippen LogP contribution in [0.15, 0.2) is 10.5 Å². The quantitative estimate of drug-likeness (QED) is 0.663. The first-order chi connectivity index (χ1) is 7.24. The zero-order chi connectivity index (χ0) is 11.1. The first kappa shape index (κ1) is 12.2. The highest BCUT2D eigenvalue weighted by atomic mass is 16.5. The number of hydrogen-bond acceptors (Lipinski definition) is 4. The second-order valence-corrected chi connectivity index (χ2v) is 3.45. The Balaban J connectivity index is 2.12. The lowest BCUT2D eigenvalue weighted by Crippen LogP contribution is -2.20. The van der Waals surface area contributed by atoms with Crippen LogP contribution in [0.4, 0.5) is 0 Å². The molecule has 0 aliphatic carbocycles. The van der Waals surface area contributed by atoms with Crippen molar-refractivity contribution in [3.05, 3.63) is 23.2 Å². The van der Waals surface area contributed by atoms with Crippen molar-refractivity contribution in [3.8, 4) is 0 Å². The Hall–Kier alpha value is -0.840. The fourth-order valence-electron chi connectivity index (χ4n) is 1.39. The van der Waals surface area contributed by atoms with E-state index >= 15 is 0 Å². The average molecular weight is 213 g/mol. The van der Waals surface area contributed by atoms with Gasteiger partial charge in [0, 0.05) is 18.7 Å². The van der Waals surface area contributed by atoms with Crippen molar-refractivity contribution in [1.29, 1.82) is 0 Å². The minimum atomic E-state index is 0.0834.